The Balaban J connectivity index is 2.15. The minimum atomic E-state index is 0.559. The number of rotatable bonds is 5. The molecule has 0 nitrogen and oxygen atoms in total. The van der Waals surface area contributed by atoms with Gasteiger partial charge in [-0.05, 0) is 61.6 Å². The summed E-state index contributed by atoms with van der Waals surface area (Å²) >= 11 is 0. The Hall–Kier alpha value is -1.04. The van der Waals surface area contributed by atoms with E-state index in [4.69, 9.17) is 0 Å². The van der Waals surface area contributed by atoms with Crippen LogP contribution >= 0.6 is 0 Å². The minimum absolute atomic E-state index is 0.559. The zero-order valence-electron chi connectivity index (χ0n) is 12.9. The SMILES string of the molecule is C=C(CC1(CCC)CCCC1)c1ccc(C)cc1C. The summed E-state index contributed by atoms with van der Waals surface area (Å²) in [5.41, 5.74) is 6.03. The molecule has 0 radical (unpaired) electrons. The molecule has 1 aromatic rings. The molecule has 19 heavy (non-hydrogen) atoms. The summed E-state index contributed by atoms with van der Waals surface area (Å²) in [6, 6.07) is 6.76. The summed E-state index contributed by atoms with van der Waals surface area (Å²) in [6.45, 7) is 11.1. The van der Waals surface area contributed by atoms with E-state index in [0.29, 0.717) is 5.41 Å². The van der Waals surface area contributed by atoms with Gasteiger partial charge in [0.25, 0.3) is 0 Å². The van der Waals surface area contributed by atoms with Gasteiger partial charge in [0.1, 0.15) is 0 Å². The van der Waals surface area contributed by atoms with E-state index in [9.17, 15) is 0 Å². The highest BCUT2D eigenvalue weighted by Gasteiger charge is 2.33. The lowest BCUT2D eigenvalue weighted by atomic mass is 9.75. The van der Waals surface area contributed by atoms with Gasteiger partial charge >= 0.3 is 0 Å². The van der Waals surface area contributed by atoms with Crippen LogP contribution in [0.3, 0.4) is 0 Å². The van der Waals surface area contributed by atoms with Crippen molar-refractivity contribution < 1.29 is 0 Å². The van der Waals surface area contributed by atoms with E-state index >= 15 is 0 Å². The third kappa shape index (κ3) is 3.29. The topological polar surface area (TPSA) is 0 Å². The van der Waals surface area contributed by atoms with E-state index in [1.807, 2.05) is 0 Å². The van der Waals surface area contributed by atoms with Crippen LogP contribution in [0, 0.1) is 19.3 Å². The third-order valence-electron chi connectivity index (χ3n) is 4.80. The predicted octanol–water partition coefficient (Wildman–Crippen LogP) is 6.07. The molecule has 0 heteroatoms. The second kappa shape index (κ2) is 5.94. The average molecular weight is 256 g/mol. The highest BCUT2D eigenvalue weighted by atomic mass is 14.4. The van der Waals surface area contributed by atoms with Crippen molar-refractivity contribution in [2.24, 2.45) is 5.41 Å². The molecule has 1 fully saturated rings. The Morgan fingerprint density at radius 3 is 2.47 bits per heavy atom. The molecule has 1 aliphatic carbocycles. The fraction of sp³-hybridized carbons (Fsp3) is 0.579. The van der Waals surface area contributed by atoms with Crippen LogP contribution in [0.4, 0.5) is 0 Å². The van der Waals surface area contributed by atoms with Crippen molar-refractivity contribution in [1.29, 1.82) is 0 Å². The molecule has 0 amide bonds. The molecule has 1 aliphatic rings. The molecule has 0 unspecified atom stereocenters. The zero-order valence-corrected chi connectivity index (χ0v) is 12.9. The molecule has 0 saturated heterocycles. The summed E-state index contributed by atoms with van der Waals surface area (Å²) in [6.07, 6.45) is 9.53. The van der Waals surface area contributed by atoms with E-state index in [1.54, 1.807) is 0 Å². The monoisotopic (exact) mass is 256 g/mol. The van der Waals surface area contributed by atoms with Crippen LogP contribution in [0.5, 0.6) is 0 Å². The van der Waals surface area contributed by atoms with E-state index in [0.717, 1.165) is 0 Å². The van der Waals surface area contributed by atoms with Crippen molar-refractivity contribution in [3.05, 3.63) is 41.5 Å². The zero-order chi connectivity index (χ0) is 13.9. The molecule has 1 aromatic carbocycles. The normalized spacial score (nSPS) is 17.6. The Labute approximate surface area is 118 Å². The average Bonchev–Trinajstić information content (AvgIpc) is 2.77. The number of benzene rings is 1. The summed E-state index contributed by atoms with van der Waals surface area (Å²) in [7, 11) is 0. The molecule has 0 heterocycles. The van der Waals surface area contributed by atoms with E-state index in [2.05, 4.69) is 45.5 Å². The van der Waals surface area contributed by atoms with Gasteiger partial charge in [-0.2, -0.15) is 0 Å². The van der Waals surface area contributed by atoms with Gasteiger partial charge < -0.3 is 0 Å². The highest BCUT2D eigenvalue weighted by molar-refractivity contribution is 5.67. The maximum absolute atomic E-state index is 4.41. The summed E-state index contributed by atoms with van der Waals surface area (Å²) in [5, 5.41) is 0. The van der Waals surface area contributed by atoms with Crippen molar-refractivity contribution in [3.63, 3.8) is 0 Å². The van der Waals surface area contributed by atoms with Crippen molar-refractivity contribution in [2.75, 3.05) is 0 Å². The van der Waals surface area contributed by atoms with Crippen LogP contribution in [-0.4, -0.2) is 0 Å². The van der Waals surface area contributed by atoms with Crippen LogP contribution in [0.1, 0.15) is 68.6 Å². The second-order valence-corrected chi connectivity index (χ2v) is 6.56. The molecule has 0 N–H and O–H groups in total. The molecule has 1 saturated carbocycles. The van der Waals surface area contributed by atoms with Gasteiger partial charge in [-0.3, -0.25) is 0 Å². The first-order valence-electron chi connectivity index (χ1n) is 7.82. The molecular weight excluding hydrogens is 228 g/mol. The van der Waals surface area contributed by atoms with Gasteiger partial charge in [0.2, 0.25) is 0 Å². The van der Waals surface area contributed by atoms with Crippen LogP contribution in [0.25, 0.3) is 5.57 Å². The van der Waals surface area contributed by atoms with Crippen molar-refractivity contribution in [3.8, 4) is 0 Å². The Morgan fingerprint density at radius 1 is 1.21 bits per heavy atom. The molecule has 2 rings (SSSR count). The number of aryl methyl sites for hydroxylation is 2. The van der Waals surface area contributed by atoms with Crippen LogP contribution < -0.4 is 0 Å². The fourth-order valence-corrected chi connectivity index (χ4v) is 3.93. The lowest BCUT2D eigenvalue weighted by Crippen LogP contribution is -2.16. The quantitative estimate of drug-likeness (QED) is 0.600. The second-order valence-electron chi connectivity index (χ2n) is 6.56. The molecule has 0 spiro atoms. The number of allylic oxidation sites excluding steroid dienone is 1. The van der Waals surface area contributed by atoms with Crippen molar-refractivity contribution in [2.45, 2.75) is 65.7 Å². The van der Waals surface area contributed by atoms with Crippen molar-refractivity contribution in [1.82, 2.24) is 0 Å². The predicted molar refractivity (Wildman–Crippen MR) is 85.4 cm³/mol. The summed E-state index contributed by atoms with van der Waals surface area (Å²) < 4.78 is 0. The lowest BCUT2D eigenvalue weighted by Gasteiger charge is -2.30. The van der Waals surface area contributed by atoms with Crippen LogP contribution in [-0.2, 0) is 0 Å². The smallest absolute Gasteiger partial charge is 0.0201 e. The first-order chi connectivity index (χ1) is 9.06. The molecule has 104 valence electrons. The number of hydrogen-bond donors (Lipinski definition) is 0. The Kier molecular flexibility index (Phi) is 4.50. The molecular formula is C19H28. The van der Waals surface area contributed by atoms with Crippen molar-refractivity contribution >= 4 is 5.57 Å². The van der Waals surface area contributed by atoms with Gasteiger partial charge in [0.05, 0.1) is 0 Å². The maximum atomic E-state index is 4.41. The van der Waals surface area contributed by atoms with E-state index < -0.39 is 0 Å². The van der Waals surface area contributed by atoms with Crippen LogP contribution in [0.2, 0.25) is 0 Å². The third-order valence-corrected chi connectivity index (χ3v) is 4.80. The summed E-state index contributed by atoms with van der Waals surface area (Å²) in [4.78, 5) is 0. The van der Waals surface area contributed by atoms with Gasteiger partial charge in [-0.15, -0.1) is 0 Å². The molecule has 0 bridgehead atoms. The van der Waals surface area contributed by atoms with E-state index in [-0.39, 0.29) is 0 Å². The highest BCUT2D eigenvalue weighted by Crippen LogP contribution is 2.48. The summed E-state index contributed by atoms with van der Waals surface area (Å²) in [5.74, 6) is 0. The van der Waals surface area contributed by atoms with E-state index in [1.165, 1.54) is 67.2 Å². The Morgan fingerprint density at radius 2 is 1.89 bits per heavy atom. The first-order valence-corrected chi connectivity index (χ1v) is 7.82. The van der Waals surface area contributed by atoms with Gasteiger partial charge in [-0.25, -0.2) is 0 Å². The lowest BCUT2D eigenvalue weighted by molar-refractivity contribution is 0.277. The standard InChI is InChI=1S/C19H28/c1-5-10-19(11-6-7-12-19)14-17(4)18-9-8-15(2)13-16(18)3/h8-9,13H,4-7,10-12,14H2,1-3H3. The Bertz CT molecular complexity index is 447. The van der Waals surface area contributed by atoms with Gasteiger partial charge in [-0.1, -0.05) is 56.5 Å². The molecule has 0 atom stereocenters. The first kappa shape index (κ1) is 14.4. The maximum Gasteiger partial charge on any atom is -0.0201 e. The van der Waals surface area contributed by atoms with Gasteiger partial charge in [0, 0.05) is 0 Å². The molecule has 0 aromatic heterocycles. The van der Waals surface area contributed by atoms with Crippen LogP contribution in [0.15, 0.2) is 24.8 Å². The number of hydrogen-bond acceptors (Lipinski definition) is 0. The largest absolute Gasteiger partial charge is 0.0952 e. The van der Waals surface area contributed by atoms with Gasteiger partial charge in [0.15, 0.2) is 0 Å². The fourth-order valence-electron chi connectivity index (χ4n) is 3.93. The molecule has 0 aliphatic heterocycles. The minimum Gasteiger partial charge on any atom is -0.0952 e.